The molecule has 0 aliphatic carbocycles. The zero-order valence-electron chi connectivity index (χ0n) is 7.72. The number of benzene rings is 1. The second-order valence-corrected chi connectivity index (χ2v) is 3.89. The number of halogens is 1. The minimum atomic E-state index is -0.337. The largest absolute Gasteiger partial charge is 0.398 e. The van der Waals surface area contributed by atoms with Gasteiger partial charge in [0.15, 0.2) is 0 Å². The zero-order valence-corrected chi connectivity index (χ0v) is 8.54. The van der Waals surface area contributed by atoms with Crippen molar-refractivity contribution in [2.45, 2.75) is 9.92 Å². The van der Waals surface area contributed by atoms with Crippen LogP contribution in [0.1, 0.15) is 0 Å². The first-order chi connectivity index (χ1) is 7.25. The van der Waals surface area contributed by atoms with Crippen molar-refractivity contribution in [3.8, 4) is 0 Å². The van der Waals surface area contributed by atoms with E-state index >= 15 is 0 Å². The topological polar surface area (TPSA) is 51.8 Å². The minimum Gasteiger partial charge on any atom is -0.398 e. The van der Waals surface area contributed by atoms with E-state index in [-0.39, 0.29) is 5.82 Å². The molecular formula is C10H8FN3S. The van der Waals surface area contributed by atoms with Crippen molar-refractivity contribution in [3.63, 3.8) is 0 Å². The lowest BCUT2D eigenvalue weighted by molar-refractivity contribution is 0.627. The van der Waals surface area contributed by atoms with E-state index in [0.29, 0.717) is 5.69 Å². The van der Waals surface area contributed by atoms with Crippen molar-refractivity contribution in [1.82, 2.24) is 9.97 Å². The lowest BCUT2D eigenvalue weighted by atomic mass is 10.3. The van der Waals surface area contributed by atoms with Gasteiger partial charge in [-0.2, -0.15) is 0 Å². The molecule has 0 bridgehead atoms. The molecule has 0 aliphatic heterocycles. The van der Waals surface area contributed by atoms with Gasteiger partial charge < -0.3 is 5.73 Å². The Morgan fingerprint density at radius 1 is 1.27 bits per heavy atom. The second-order valence-electron chi connectivity index (χ2n) is 2.83. The second kappa shape index (κ2) is 4.27. The molecule has 0 radical (unpaired) electrons. The molecule has 2 aromatic rings. The van der Waals surface area contributed by atoms with Crippen LogP contribution in [0.2, 0.25) is 0 Å². The van der Waals surface area contributed by atoms with Gasteiger partial charge in [0.2, 0.25) is 0 Å². The Labute approximate surface area is 90.6 Å². The average Bonchev–Trinajstić information content (AvgIpc) is 2.24. The fourth-order valence-corrected chi connectivity index (χ4v) is 1.83. The summed E-state index contributed by atoms with van der Waals surface area (Å²) in [6.45, 7) is 0. The van der Waals surface area contributed by atoms with Crippen LogP contribution in [0, 0.1) is 5.82 Å². The van der Waals surface area contributed by atoms with Crippen LogP contribution in [0.15, 0.2) is 46.7 Å². The molecule has 76 valence electrons. The van der Waals surface area contributed by atoms with Crippen LogP contribution in [-0.4, -0.2) is 9.97 Å². The molecular weight excluding hydrogens is 213 g/mol. The number of nitrogen functional groups attached to an aromatic ring is 1. The van der Waals surface area contributed by atoms with Crippen LogP contribution in [0.5, 0.6) is 0 Å². The lowest BCUT2D eigenvalue weighted by Gasteiger charge is -2.03. The summed E-state index contributed by atoms with van der Waals surface area (Å²) in [7, 11) is 0. The quantitative estimate of drug-likeness (QED) is 0.791. The molecule has 5 heteroatoms. The minimum absolute atomic E-state index is 0.337. The summed E-state index contributed by atoms with van der Waals surface area (Å²) < 4.78 is 12.8. The van der Waals surface area contributed by atoms with E-state index in [0.717, 1.165) is 9.92 Å². The lowest BCUT2D eigenvalue weighted by Crippen LogP contribution is -1.90. The number of hydrogen-bond donors (Lipinski definition) is 1. The fraction of sp³-hybridized carbons (Fsp3) is 0. The third-order valence-corrected chi connectivity index (χ3v) is 2.74. The summed E-state index contributed by atoms with van der Waals surface area (Å²) in [5.41, 5.74) is 6.07. The van der Waals surface area contributed by atoms with Crippen molar-refractivity contribution < 1.29 is 4.39 Å². The summed E-state index contributed by atoms with van der Waals surface area (Å²) in [5.74, 6) is -0.337. The van der Waals surface area contributed by atoms with Gasteiger partial charge in [0.05, 0.1) is 6.20 Å². The number of anilines is 1. The van der Waals surface area contributed by atoms with Gasteiger partial charge in [-0.05, 0) is 18.2 Å². The van der Waals surface area contributed by atoms with Crippen molar-refractivity contribution in [1.29, 1.82) is 0 Å². The van der Waals surface area contributed by atoms with Crippen LogP contribution in [-0.2, 0) is 0 Å². The Kier molecular flexibility index (Phi) is 2.82. The standard InChI is InChI=1S/C10H8FN3S/c11-7-1-2-9(8(12)5-7)15-10-6-13-3-4-14-10/h1-6H,12H2. The number of hydrogen-bond acceptors (Lipinski definition) is 4. The van der Waals surface area contributed by atoms with Crippen LogP contribution < -0.4 is 5.73 Å². The first-order valence-electron chi connectivity index (χ1n) is 4.24. The molecule has 0 saturated heterocycles. The van der Waals surface area contributed by atoms with Gasteiger partial charge in [-0.25, -0.2) is 9.37 Å². The normalized spacial score (nSPS) is 10.2. The maximum Gasteiger partial charge on any atom is 0.125 e. The molecule has 0 saturated carbocycles. The fourth-order valence-electron chi connectivity index (χ4n) is 1.06. The van der Waals surface area contributed by atoms with Crippen molar-refractivity contribution in [3.05, 3.63) is 42.6 Å². The Morgan fingerprint density at radius 3 is 2.80 bits per heavy atom. The highest BCUT2D eigenvalue weighted by Gasteiger charge is 2.03. The van der Waals surface area contributed by atoms with E-state index in [2.05, 4.69) is 9.97 Å². The molecule has 15 heavy (non-hydrogen) atoms. The van der Waals surface area contributed by atoms with E-state index in [1.807, 2.05) is 0 Å². The number of nitrogens with two attached hydrogens (primary N) is 1. The summed E-state index contributed by atoms with van der Waals surface area (Å²) in [6.07, 6.45) is 4.83. The molecule has 1 aromatic heterocycles. The Bertz CT molecular complexity index is 461. The van der Waals surface area contributed by atoms with Gasteiger partial charge in [-0.1, -0.05) is 11.8 Å². The third-order valence-electron chi connectivity index (χ3n) is 1.73. The molecule has 1 aromatic carbocycles. The maximum atomic E-state index is 12.8. The first kappa shape index (κ1) is 9.92. The summed E-state index contributed by atoms with van der Waals surface area (Å²) in [5, 5.41) is 0.732. The number of rotatable bonds is 2. The van der Waals surface area contributed by atoms with Crippen LogP contribution in [0.25, 0.3) is 0 Å². The monoisotopic (exact) mass is 221 g/mol. The number of aromatic nitrogens is 2. The maximum absolute atomic E-state index is 12.8. The Morgan fingerprint density at radius 2 is 2.13 bits per heavy atom. The van der Waals surface area contributed by atoms with Crippen molar-refractivity contribution in [2.75, 3.05) is 5.73 Å². The molecule has 0 spiro atoms. The summed E-state index contributed by atoms with van der Waals surface area (Å²) in [6, 6.07) is 4.29. The highest BCUT2D eigenvalue weighted by Crippen LogP contribution is 2.30. The highest BCUT2D eigenvalue weighted by atomic mass is 32.2. The van der Waals surface area contributed by atoms with Gasteiger partial charge in [0.25, 0.3) is 0 Å². The SMILES string of the molecule is Nc1cc(F)ccc1Sc1cnccn1. The molecule has 0 unspecified atom stereocenters. The smallest absolute Gasteiger partial charge is 0.125 e. The Balaban J connectivity index is 2.25. The van der Waals surface area contributed by atoms with Crippen LogP contribution in [0.3, 0.4) is 0 Å². The van der Waals surface area contributed by atoms with E-state index in [4.69, 9.17) is 5.73 Å². The average molecular weight is 221 g/mol. The molecule has 2 N–H and O–H groups in total. The van der Waals surface area contributed by atoms with Crippen LogP contribution in [0.4, 0.5) is 10.1 Å². The van der Waals surface area contributed by atoms with E-state index in [1.54, 1.807) is 24.7 Å². The van der Waals surface area contributed by atoms with Crippen molar-refractivity contribution in [2.24, 2.45) is 0 Å². The summed E-state index contributed by atoms with van der Waals surface area (Å²) >= 11 is 1.36. The molecule has 0 aliphatic rings. The molecule has 1 heterocycles. The first-order valence-corrected chi connectivity index (χ1v) is 5.06. The molecule has 0 fully saturated rings. The zero-order chi connectivity index (χ0) is 10.7. The highest BCUT2D eigenvalue weighted by molar-refractivity contribution is 7.99. The molecule has 2 rings (SSSR count). The third kappa shape index (κ3) is 2.44. The van der Waals surface area contributed by atoms with Crippen LogP contribution >= 0.6 is 11.8 Å². The van der Waals surface area contributed by atoms with Gasteiger partial charge in [0.1, 0.15) is 10.8 Å². The summed E-state index contributed by atoms with van der Waals surface area (Å²) in [4.78, 5) is 8.79. The van der Waals surface area contributed by atoms with E-state index in [1.165, 1.54) is 23.9 Å². The van der Waals surface area contributed by atoms with Gasteiger partial charge in [-0.15, -0.1) is 0 Å². The van der Waals surface area contributed by atoms with E-state index in [9.17, 15) is 4.39 Å². The predicted molar refractivity (Wildman–Crippen MR) is 57.0 cm³/mol. The van der Waals surface area contributed by atoms with Gasteiger partial charge >= 0.3 is 0 Å². The van der Waals surface area contributed by atoms with E-state index < -0.39 is 0 Å². The predicted octanol–water partition coefficient (Wildman–Crippen LogP) is 2.35. The van der Waals surface area contributed by atoms with Gasteiger partial charge in [-0.3, -0.25) is 4.98 Å². The molecule has 3 nitrogen and oxygen atoms in total. The molecule has 0 atom stereocenters. The van der Waals surface area contributed by atoms with Gasteiger partial charge in [0, 0.05) is 23.0 Å². The Hall–Kier alpha value is -1.62. The van der Waals surface area contributed by atoms with Crippen molar-refractivity contribution >= 4 is 17.4 Å². The number of nitrogens with zero attached hydrogens (tertiary/aromatic N) is 2. The molecule has 0 amide bonds.